The first kappa shape index (κ1) is 20.9. The van der Waals surface area contributed by atoms with Gasteiger partial charge in [-0.25, -0.2) is 0 Å². The first-order chi connectivity index (χ1) is 12.7. The molecule has 4 N–H and O–H groups in total. The summed E-state index contributed by atoms with van der Waals surface area (Å²) in [6.07, 6.45) is 2.88. The van der Waals surface area contributed by atoms with Crippen LogP contribution in [0.15, 0.2) is 54.6 Å². The smallest absolute Gasteiger partial charge is 0.253 e. The molecule has 27 heavy (non-hydrogen) atoms. The Kier molecular flexibility index (Phi) is 7.82. The van der Waals surface area contributed by atoms with Crippen molar-refractivity contribution in [2.45, 2.75) is 25.8 Å². The molecule has 144 valence electrons. The van der Waals surface area contributed by atoms with Crippen molar-refractivity contribution in [3.63, 3.8) is 0 Å². The van der Waals surface area contributed by atoms with Crippen LogP contribution >= 0.6 is 12.4 Å². The van der Waals surface area contributed by atoms with Gasteiger partial charge in [0.2, 0.25) is 5.91 Å². The van der Waals surface area contributed by atoms with E-state index in [1.165, 1.54) is 0 Å². The molecule has 0 unspecified atom stereocenters. The van der Waals surface area contributed by atoms with Gasteiger partial charge >= 0.3 is 0 Å². The Bertz CT molecular complexity index is 767. The van der Waals surface area contributed by atoms with Gasteiger partial charge in [0, 0.05) is 12.5 Å². The number of rotatable bonds is 6. The zero-order chi connectivity index (χ0) is 18.4. The summed E-state index contributed by atoms with van der Waals surface area (Å²) >= 11 is 0. The molecule has 2 aromatic carbocycles. The minimum absolute atomic E-state index is 0. The van der Waals surface area contributed by atoms with Gasteiger partial charge in [0.15, 0.2) is 0 Å². The summed E-state index contributed by atoms with van der Waals surface area (Å²) in [5, 5.41) is 5.85. The minimum Gasteiger partial charge on any atom is -0.348 e. The fourth-order valence-corrected chi connectivity index (χ4v) is 3.55. The number of hydrogen-bond acceptors (Lipinski definition) is 3. The van der Waals surface area contributed by atoms with Crippen molar-refractivity contribution < 1.29 is 9.59 Å². The van der Waals surface area contributed by atoms with Crippen LogP contribution in [0, 0.1) is 11.8 Å². The number of nitrogens with one attached hydrogen (secondary N) is 2. The van der Waals surface area contributed by atoms with Crippen LogP contribution in [0.3, 0.4) is 0 Å². The number of hydrogen-bond donors (Lipinski definition) is 3. The summed E-state index contributed by atoms with van der Waals surface area (Å²) in [4.78, 5) is 25.2. The Labute approximate surface area is 166 Å². The first-order valence-corrected chi connectivity index (χ1v) is 9.11. The summed E-state index contributed by atoms with van der Waals surface area (Å²) in [6.45, 7) is 0.969. The Balaban J connectivity index is 0.00000261. The molecule has 1 aliphatic carbocycles. The van der Waals surface area contributed by atoms with Crippen LogP contribution in [-0.2, 0) is 11.3 Å². The lowest BCUT2D eigenvalue weighted by Crippen LogP contribution is -2.31. The number of carbonyl (C=O) groups is 2. The van der Waals surface area contributed by atoms with E-state index in [0.29, 0.717) is 24.3 Å². The van der Waals surface area contributed by atoms with E-state index in [-0.39, 0.29) is 36.1 Å². The quantitative estimate of drug-likeness (QED) is 0.710. The lowest BCUT2D eigenvalue weighted by molar-refractivity contribution is -0.120. The highest BCUT2D eigenvalue weighted by molar-refractivity contribution is 6.04. The molecule has 0 aromatic heterocycles. The highest BCUT2D eigenvalue weighted by atomic mass is 35.5. The topological polar surface area (TPSA) is 84.2 Å². The van der Waals surface area contributed by atoms with E-state index < -0.39 is 0 Å². The zero-order valence-electron chi connectivity index (χ0n) is 15.2. The third-order valence-electron chi connectivity index (χ3n) is 5.02. The van der Waals surface area contributed by atoms with Gasteiger partial charge in [-0.3, -0.25) is 9.59 Å². The van der Waals surface area contributed by atoms with Gasteiger partial charge in [-0.15, -0.1) is 12.4 Å². The molecule has 0 bridgehead atoms. The van der Waals surface area contributed by atoms with E-state index in [0.717, 1.165) is 24.8 Å². The Morgan fingerprint density at radius 2 is 1.70 bits per heavy atom. The maximum Gasteiger partial charge on any atom is 0.253 e. The van der Waals surface area contributed by atoms with E-state index in [1.54, 1.807) is 18.2 Å². The van der Waals surface area contributed by atoms with E-state index in [2.05, 4.69) is 10.6 Å². The van der Waals surface area contributed by atoms with Crippen LogP contribution in [0.4, 0.5) is 5.69 Å². The van der Waals surface area contributed by atoms with E-state index in [4.69, 9.17) is 5.73 Å². The fourth-order valence-electron chi connectivity index (χ4n) is 3.55. The summed E-state index contributed by atoms with van der Waals surface area (Å²) in [5.41, 5.74) is 7.83. The maximum atomic E-state index is 12.6. The molecule has 0 saturated heterocycles. The second-order valence-electron chi connectivity index (χ2n) is 6.74. The molecule has 0 aliphatic heterocycles. The van der Waals surface area contributed by atoms with Gasteiger partial charge in [-0.1, -0.05) is 48.9 Å². The molecule has 0 radical (unpaired) electrons. The Morgan fingerprint density at radius 3 is 2.44 bits per heavy atom. The Morgan fingerprint density at radius 1 is 1.00 bits per heavy atom. The molecule has 1 saturated carbocycles. The van der Waals surface area contributed by atoms with Gasteiger partial charge in [-0.05, 0) is 43.0 Å². The number of para-hydroxylation sites is 1. The zero-order valence-corrected chi connectivity index (χ0v) is 16.0. The number of halogens is 1. The standard InChI is InChI=1S/C21H25N3O2.ClH/c22-13-16-9-6-11-17(16)21(26)24-19-12-5-4-10-18(19)20(25)23-14-15-7-2-1-3-8-15;/h1-5,7-8,10,12,16-17H,6,9,11,13-14,22H2,(H,23,25)(H,24,26);1H/t16-,17-;/m1./s1. The molecule has 1 fully saturated rings. The van der Waals surface area contributed by atoms with Crippen molar-refractivity contribution in [1.82, 2.24) is 5.32 Å². The Hall–Kier alpha value is -2.37. The van der Waals surface area contributed by atoms with Crippen LogP contribution < -0.4 is 16.4 Å². The van der Waals surface area contributed by atoms with Crippen LogP contribution in [-0.4, -0.2) is 18.4 Å². The van der Waals surface area contributed by atoms with Gasteiger partial charge in [0.25, 0.3) is 5.91 Å². The normalized spacial score (nSPS) is 18.4. The third-order valence-corrected chi connectivity index (χ3v) is 5.02. The molecule has 1 aliphatic rings. The lowest BCUT2D eigenvalue weighted by atomic mass is 9.95. The van der Waals surface area contributed by atoms with Crippen LogP contribution in [0.5, 0.6) is 0 Å². The van der Waals surface area contributed by atoms with Crippen molar-refractivity contribution in [2.24, 2.45) is 17.6 Å². The average molecular weight is 388 g/mol. The minimum atomic E-state index is -0.202. The van der Waals surface area contributed by atoms with E-state index in [1.807, 2.05) is 36.4 Å². The SMILES string of the molecule is Cl.NC[C@H]1CCC[C@H]1C(=O)Nc1ccccc1C(=O)NCc1ccccc1. The van der Waals surface area contributed by atoms with Crippen molar-refractivity contribution in [2.75, 3.05) is 11.9 Å². The summed E-state index contributed by atoms with van der Waals surface area (Å²) in [5.74, 6) is -0.0812. The second kappa shape index (κ2) is 10.1. The predicted molar refractivity (Wildman–Crippen MR) is 110 cm³/mol. The molecule has 6 heteroatoms. The first-order valence-electron chi connectivity index (χ1n) is 9.11. The van der Waals surface area contributed by atoms with Crippen LogP contribution in [0.2, 0.25) is 0 Å². The molecule has 2 amide bonds. The highest BCUT2D eigenvalue weighted by Gasteiger charge is 2.32. The predicted octanol–water partition coefficient (Wildman–Crippen LogP) is 3.35. The summed E-state index contributed by atoms with van der Waals surface area (Å²) in [6, 6.07) is 16.8. The number of carbonyl (C=O) groups excluding carboxylic acids is 2. The molecule has 5 nitrogen and oxygen atoms in total. The third kappa shape index (κ3) is 5.31. The molecule has 0 spiro atoms. The van der Waals surface area contributed by atoms with Gasteiger partial charge in [0.05, 0.1) is 11.3 Å². The lowest BCUT2D eigenvalue weighted by Gasteiger charge is -2.18. The van der Waals surface area contributed by atoms with Crippen molar-refractivity contribution in [3.8, 4) is 0 Å². The number of amides is 2. The maximum absolute atomic E-state index is 12.6. The molecule has 2 aromatic rings. The summed E-state index contributed by atoms with van der Waals surface area (Å²) < 4.78 is 0. The van der Waals surface area contributed by atoms with Crippen LogP contribution in [0.1, 0.15) is 35.2 Å². The molecular weight excluding hydrogens is 362 g/mol. The van der Waals surface area contributed by atoms with E-state index >= 15 is 0 Å². The molecule has 2 atom stereocenters. The fraction of sp³-hybridized carbons (Fsp3) is 0.333. The molecule has 3 rings (SSSR count). The second-order valence-corrected chi connectivity index (χ2v) is 6.74. The van der Waals surface area contributed by atoms with Crippen molar-refractivity contribution >= 4 is 29.9 Å². The molecule has 0 heterocycles. The largest absolute Gasteiger partial charge is 0.348 e. The number of nitrogens with two attached hydrogens (primary N) is 1. The van der Waals surface area contributed by atoms with Crippen molar-refractivity contribution in [1.29, 1.82) is 0 Å². The number of benzene rings is 2. The van der Waals surface area contributed by atoms with Gasteiger partial charge in [-0.2, -0.15) is 0 Å². The van der Waals surface area contributed by atoms with Gasteiger partial charge < -0.3 is 16.4 Å². The van der Waals surface area contributed by atoms with Gasteiger partial charge in [0.1, 0.15) is 0 Å². The van der Waals surface area contributed by atoms with Crippen molar-refractivity contribution in [3.05, 3.63) is 65.7 Å². The van der Waals surface area contributed by atoms with E-state index in [9.17, 15) is 9.59 Å². The average Bonchev–Trinajstić information content (AvgIpc) is 3.16. The molecular formula is C21H26ClN3O2. The number of anilines is 1. The highest BCUT2D eigenvalue weighted by Crippen LogP contribution is 2.32. The van der Waals surface area contributed by atoms with Crippen LogP contribution in [0.25, 0.3) is 0 Å². The monoisotopic (exact) mass is 387 g/mol. The summed E-state index contributed by atoms with van der Waals surface area (Å²) in [7, 11) is 0.